The molecule has 0 aliphatic carbocycles. The molecular formula is C16H23N. The Morgan fingerprint density at radius 1 is 1.47 bits per heavy atom. The highest BCUT2D eigenvalue weighted by atomic mass is 14.8. The lowest BCUT2D eigenvalue weighted by molar-refractivity contribution is 0.481. The average Bonchev–Trinajstić information content (AvgIpc) is 2.26. The first-order valence-electron chi connectivity index (χ1n) is 6.33. The number of hydrogen-bond acceptors (Lipinski definition) is 1. The molecule has 0 aromatic rings. The Bertz CT molecular complexity index is 411. The first-order valence-corrected chi connectivity index (χ1v) is 6.33. The first kappa shape index (κ1) is 13.8. The van der Waals surface area contributed by atoms with Crippen LogP contribution in [0.3, 0.4) is 0 Å². The third kappa shape index (κ3) is 4.23. The van der Waals surface area contributed by atoms with Crippen molar-refractivity contribution in [3.05, 3.63) is 23.3 Å². The van der Waals surface area contributed by atoms with Gasteiger partial charge >= 0.3 is 0 Å². The van der Waals surface area contributed by atoms with E-state index in [1.54, 1.807) is 0 Å². The number of aliphatic imine (C=N–C) groups is 1. The van der Waals surface area contributed by atoms with Crippen molar-refractivity contribution in [1.82, 2.24) is 0 Å². The lowest BCUT2D eigenvalue weighted by Crippen LogP contribution is -2.19. The fraction of sp³-hybridized carbons (Fsp3) is 0.562. The summed E-state index contributed by atoms with van der Waals surface area (Å²) in [6.45, 7) is 10.5. The molecule has 1 unspecified atom stereocenters. The number of rotatable bonds is 1. The second kappa shape index (κ2) is 5.87. The van der Waals surface area contributed by atoms with Crippen LogP contribution < -0.4 is 0 Å². The predicted molar refractivity (Wildman–Crippen MR) is 76.3 cm³/mol. The van der Waals surface area contributed by atoms with Crippen LogP contribution >= 0.6 is 0 Å². The monoisotopic (exact) mass is 229 g/mol. The molecule has 17 heavy (non-hydrogen) atoms. The SMILES string of the molecule is CC#CC(C)C1=C/C(=C/C)CCC(C)(C)/N=C\1. The largest absolute Gasteiger partial charge is 0.287 e. The zero-order valence-corrected chi connectivity index (χ0v) is 11.7. The molecule has 0 N–H and O–H groups in total. The van der Waals surface area contributed by atoms with E-state index in [4.69, 9.17) is 0 Å². The van der Waals surface area contributed by atoms with Gasteiger partial charge in [-0.2, -0.15) is 0 Å². The zero-order chi connectivity index (χ0) is 12.9. The molecule has 1 heteroatoms. The van der Waals surface area contributed by atoms with Crippen LogP contribution in [0.25, 0.3) is 0 Å². The highest BCUT2D eigenvalue weighted by Gasteiger charge is 2.18. The molecule has 0 spiro atoms. The molecule has 0 bridgehead atoms. The molecule has 0 saturated heterocycles. The second-order valence-electron chi connectivity index (χ2n) is 5.19. The molecule has 0 amide bonds. The van der Waals surface area contributed by atoms with Gasteiger partial charge in [0.1, 0.15) is 0 Å². The maximum atomic E-state index is 4.68. The van der Waals surface area contributed by atoms with Crippen LogP contribution in [0.1, 0.15) is 47.5 Å². The van der Waals surface area contributed by atoms with Crippen molar-refractivity contribution in [2.75, 3.05) is 0 Å². The van der Waals surface area contributed by atoms with Crippen LogP contribution in [-0.4, -0.2) is 11.8 Å². The third-order valence-electron chi connectivity index (χ3n) is 3.17. The Morgan fingerprint density at radius 3 is 2.76 bits per heavy atom. The summed E-state index contributed by atoms with van der Waals surface area (Å²) in [6, 6.07) is 0. The minimum absolute atomic E-state index is 0.0349. The summed E-state index contributed by atoms with van der Waals surface area (Å²) >= 11 is 0. The van der Waals surface area contributed by atoms with Crippen LogP contribution in [0.5, 0.6) is 0 Å². The molecule has 0 radical (unpaired) electrons. The van der Waals surface area contributed by atoms with Gasteiger partial charge in [0.25, 0.3) is 0 Å². The summed E-state index contributed by atoms with van der Waals surface area (Å²) in [6.07, 6.45) is 8.64. The molecular weight excluding hydrogens is 206 g/mol. The summed E-state index contributed by atoms with van der Waals surface area (Å²) in [4.78, 5) is 4.68. The smallest absolute Gasteiger partial charge is 0.0555 e. The van der Waals surface area contributed by atoms with E-state index in [1.165, 1.54) is 11.1 Å². The fourth-order valence-electron chi connectivity index (χ4n) is 1.85. The van der Waals surface area contributed by atoms with E-state index < -0.39 is 0 Å². The van der Waals surface area contributed by atoms with Crippen molar-refractivity contribution in [2.24, 2.45) is 10.9 Å². The maximum Gasteiger partial charge on any atom is 0.0555 e. The second-order valence-corrected chi connectivity index (χ2v) is 5.19. The molecule has 1 heterocycles. The minimum Gasteiger partial charge on any atom is -0.287 e. The Kier molecular flexibility index (Phi) is 4.75. The summed E-state index contributed by atoms with van der Waals surface area (Å²) in [7, 11) is 0. The van der Waals surface area contributed by atoms with Crippen LogP contribution in [0, 0.1) is 17.8 Å². The van der Waals surface area contributed by atoms with Gasteiger partial charge in [-0.15, -0.1) is 5.92 Å². The van der Waals surface area contributed by atoms with Gasteiger partial charge in [-0.3, -0.25) is 4.99 Å². The minimum atomic E-state index is 0.0349. The normalized spacial score (nSPS) is 28.1. The molecule has 0 aromatic carbocycles. The molecule has 1 atom stereocenters. The van der Waals surface area contributed by atoms with Gasteiger partial charge < -0.3 is 0 Å². The van der Waals surface area contributed by atoms with Gasteiger partial charge in [0.15, 0.2) is 0 Å². The highest BCUT2D eigenvalue weighted by molar-refractivity contribution is 5.81. The van der Waals surface area contributed by atoms with Crippen molar-refractivity contribution in [1.29, 1.82) is 0 Å². The molecule has 92 valence electrons. The summed E-state index contributed by atoms with van der Waals surface area (Å²) in [5, 5.41) is 0. The van der Waals surface area contributed by atoms with E-state index in [2.05, 4.69) is 56.7 Å². The molecule has 1 rings (SSSR count). The highest BCUT2D eigenvalue weighted by Crippen LogP contribution is 2.25. The van der Waals surface area contributed by atoms with Gasteiger partial charge in [-0.1, -0.05) is 23.6 Å². The van der Waals surface area contributed by atoms with Crippen molar-refractivity contribution in [3.8, 4) is 11.8 Å². The van der Waals surface area contributed by atoms with Crippen molar-refractivity contribution in [2.45, 2.75) is 53.0 Å². The molecule has 1 aliphatic heterocycles. The zero-order valence-electron chi connectivity index (χ0n) is 11.7. The quantitative estimate of drug-likeness (QED) is 0.599. The van der Waals surface area contributed by atoms with Crippen molar-refractivity contribution < 1.29 is 0 Å². The van der Waals surface area contributed by atoms with Gasteiger partial charge in [0, 0.05) is 12.1 Å². The van der Waals surface area contributed by atoms with E-state index in [0.717, 1.165) is 12.8 Å². The Balaban J connectivity index is 3.09. The lowest BCUT2D eigenvalue weighted by atomic mass is 9.91. The molecule has 0 saturated carbocycles. The Morgan fingerprint density at radius 2 is 2.18 bits per heavy atom. The number of nitrogens with zero attached hydrogens (tertiary/aromatic N) is 1. The van der Waals surface area contributed by atoms with E-state index in [-0.39, 0.29) is 11.5 Å². The molecule has 1 aliphatic rings. The van der Waals surface area contributed by atoms with E-state index >= 15 is 0 Å². The van der Waals surface area contributed by atoms with Crippen LogP contribution in [0.2, 0.25) is 0 Å². The number of allylic oxidation sites excluding steroid dienone is 4. The lowest BCUT2D eigenvalue weighted by Gasteiger charge is -2.23. The standard InChI is InChI=1S/C16H23N/c1-6-8-13(3)15-11-14(7-2)9-10-16(4,5)17-12-15/h7,11-13H,9-10H2,1-5H3/b14-7+,15-11+,17-12-. The van der Waals surface area contributed by atoms with Crippen LogP contribution in [0.15, 0.2) is 28.3 Å². The van der Waals surface area contributed by atoms with Crippen molar-refractivity contribution in [3.63, 3.8) is 0 Å². The average molecular weight is 229 g/mol. The van der Waals surface area contributed by atoms with Crippen LogP contribution in [0.4, 0.5) is 0 Å². The third-order valence-corrected chi connectivity index (χ3v) is 3.17. The Labute approximate surface area is 106 Å². The van der Waals surface area contributed by atoms with Gasteiger partial charge in [0.2, 0.25) is 0 Å². The van der Waals surface area contributed by atoms with Gasteiger partial charge in [-0.25, -0.2) is 0 Å². The predicted octanol–water partition coefficient (Wildman–Crippen LogP) is 4.16. The molecule has 0 aromatic heterocycles. The summed E-state index contributed by atoms with van der Waals surface area (Å²) in [5.74, 6) is 6.44. The first-order chi connectivity index (χ1) is 7.98. The van der Waals surface area contributed by atoms with Crippen LogP contribution in [-0.2, 0) is 0 Å². The number of hydrogen-bond donors (Lipinski definition) is 0. The Hall–Kier alpha value is -1.29. The van der Waals surface area contributed by atoms with Gasteiger partial charge in [-0.05, 0) is 53.0 Å². The topological polar surface area (TPSA) is 12.4 Å². The van der Waals surface area contributed by atoms with E-state index in [0.29, 0.717) is 0 Å². The summed E-state index contributed by atoms with van der Waals surface area (Å²) < 4.78 is 0. The van der Waals surface area contributed by atoms with E-state index in [1.807, 2.05) is 13.1 Å². The molecule has 0 fully saturated rings. The van der Waals surface area contributed by atoms with E-state index in [9.17, 15) is 0 Å². The van der Waals surface area contributed by atoms with Crippen molar-refractivity contribution >= 4 is 6.21 Å². The fourth-order valence-corrected chi connectivity index (χ4v) is 1.85. The maximum absolute atomic E-state index is 4.68. The van der Waals surface area contributed by atoms with Gasteiger partial charge in [0.05, 0.1) is 5.54 Å². The molecule has 1 nitrogen and oxygen atoms in total. The summed E-state index contributed by atoms with van der Waals surface area (Å²) in [5.41, 5.74) is 2.65.